The summed E-state index contributed by atoms with van der Waals surface area (Å²) in [6.07, 6.45) is 1.86. The van der Waals surface area contributed by atoms with E-state index in [4.69, 9.17) is 0 Å². The second-order valence-corrected chi connectivity index (χ2v) is 9.18. The number of amides is 4. The van der Waals surface area contributed by atoms with Gasteiger partial charge in [-0.15, -0.1) is 0 Å². The van der Waals surface area contributed by atoms with Gasteiger partial charge in [-0.2, -0.15) is 0 Å². The smallest absolute Gasteiger partial charge is 0.324 e. The van der Waals surface area contributed by atoms with Crippen LogP contribution in [0.2, 0.25) is 0 Å². The molecule has 0 bridgehead atoms. The van der Waals surface area contributed by atoms with Gasteiger partial charge in [0.1, 0.15) is 17.9 Å². The molecular weight excluding hydrogens is 409 g/mol. The minimum absolute atomic E-state index is 0.192. The quantitative estimate of drug-likeness (QED) is 0.614. The number of imide groups is 1. The Labute approximate surface area is 188 Å². The van der Waals surface area contributed by atoms with E-state index >= 15 is 0 Å². The van der Waals surface area contributed by atoms with Crippen molar-refractivity contribution in [3.8, 4) is 0 Å². The van der Waals surface area contributed by atoms with Crippen molar-refractivity contribution in [3.63, 3.8) is 0 Å². The van der Waals surface area contributed by atoms with Gasteiger partial charge in [-0.25, -0.2) is 9.18 Å². The predicted octanol–water partition coefficient (Wildman–Crippen LogP) is 4.70. The Bertz CT molecular complexity index is 1010. The molecule has 0 aromatic heterocycles. The third-order valence-corrected chi connectivity index (χ3v) is 5.73. The molecule has 0 spiro atoms. The Morgan fingerprint density at radius 1 is 1.09 bits per heavy atom. The highest BCUT2D eigenvalue weighted by Crippen LogP contribution is 2.34. The summed E-state index contributed by atoms with van der Waals surface area (Å²) in [7, 11) is 0. The number of benzene rings is 2. The van der Waals surface area contributed by atoms with Crippen molar-refractivity contribution in [3.05, 3.63) is 65.5 Å². The van der Waals surface area contributed by atoms with Crippen LogP contribution >= 0.6 is 0 Å². The summed E-state index contributed by atoms with van der Waals surface area (Å²) in [5.41, 5.74) is 0.612. The lowest BCUT2D eigenvalue weighted by atomic mass is 9.84. The highest BCUT2D eigenvalue weighted by Gasteiger charge is 2.52. The number of hydrogen-bond donors (Lipinski definition) is 2. The zero-order valence-corrected chi connectivity index (χ0v) is 19.0. The molecule has 1 fully saturated rings. The molecule has 0 aliphatic carbocycles. The summed E-state index contributed by atoms with van der Waals surface area (Å²) in [6, 6.07) is 12.4. The number of nitrogens with zero attached hydrogens (tertiary/aromatic N) is 1. The molecule has 2 aromatic rings. The fourth-order valence-corrected chi connectivity index (χ4v) is 4.03. The van der Waals surface area contributed by atoms with Gasteiger partial charge in [0.05, 0.1) is 0 Å². The Morgan fingerprint density at radius 3 is 2.38 bits per heavy atom. The van der Waals surface area contributed by atoms with E-state index < -0.39 is 35.7 Å². The van der Waals surface area contributed by atoms with Crippen molar-refractivity contribution in [1.82, 2.24) is 10.2 Å². The Balaban J connectivity index is 1.83. The van der Waals surface area contributed by atoms with Crippen molar-refractivity contribution in [2.75, 3.05) is 11.9 Å². The number of unbranched alkanes of at least 4 members (excludes halogenated alkanes) is 1. The third kappa shape index (κ3) is 4.66. The van der Waals surface area contributed by atoms with Gasteiger partial charge < -0.3 is 10.6 Å². The predicted molar refractivity (Wildman–Crippen MR) is 122 cm³/mol. The number of para-hydroxylation sites is 1. The van der Waals surface area contributed by atoms with Gasteiger partial charge >= 0.3 is 6.03 Å². The Morgan fingerprint density at radius 2 is 1.75 bits per heavy atom. The zero-order valence-electron chi connectivity index (χ0n) is 19.0. The van der Waals surface area contributed by atoms with E-state index in [2.05, 4.69) is 10.6 Å². The van der Waals surface area contributed by atoms with Gasteiger partial charge in [0, 0.05) is 5.69 Å². The van der Waals surface area contributed by atoms with Gasteiger partial charge in [-0.3, -0.25) is 14.5 Å². The lowest BCUT2D eigenvalue weighted by Gasteiger charge is -2.27. The maximum absolute atomic E-state index is 13.5. The van der Waals surface area contributed by atoms with Crippen LogP contribution in [0.15, 0.2) is 48.5 Å². The summed E-state index contributed by atoms with van der Waals surface area (Å²) in [4.78, 5) is 39.9. The minimum atomic E-state index is -1.30. The van der Waals surface area contributed by atoms with Crippen LogP contribution in [-0.2, 0) is 20.5 Å². The first-order chi connectivity index (χ1) is 15.1. The number of nitrogens with one attached hydrogen (secondary N) is 2. The van der Waals surface area contributed by atoms with E-state index in [0.717, 1.165) is 16.9 Å². The van der Waals surface area contributed by atoms with Crippen molar-refractivity contribution < 1.29 is 18.8 Å². The third-order valence-electron chi connectivity index (χ3n) is 5.73. The number of anilines is 1. The lowest BCUT2D eigenvalue weighted by molar-refractivity contribution is -0.134. The van der Waals surface area contributed by atoms with Crippen molar-refractivity contribution >= 4 is 23.5 Å². The first-order valence-electron chi connectivity index (χ1n) is 10.9. The molecule has 6 nitrogen and oxygen atoms in total. The topological polar surface area (TPSA) is 78.5 Å². The number of urea groups is 1. The highest BCUT2D eigenvalue weighted by atomic mass is 19.1. The molecule has 4 amide bonds. The first kappa shape index (κ1) is 23.4. The largest absolute Gasteiger partial charge is 0.325 e. The molecular formula is C25H30FN3O3. The maximum Gasteiger partial charge on any atom is 0.325 e. The molecule has 1 heterocycles. The molecule has 170 valence electrons. The van der Waals surface area contributed by atoms with Crippen molar-refractivity contribution in [2.45, 2.75) is 57.9 Å². The lowest BCUT2D eigenvalue weighted by Crippen LogP contribution is -2.44. The van der Waals surface area contributed by atoms with E-state index in [9.17, 15) is 18.8 Å². The number of carbonyl (C=O) groups is 3. The molecule has 3 rings (SSSR count). The van der Waals surface area contributed by atoms with Gasteiger partial charge in [-0.1, -0.05) is 70.9 Å². The zero-order chi connectivity index (χ0) is 23.5. The summed E-state index contributed by atoms with van der Waals surface area (Å²) in [5, 5.41) is 5.62. The molecule has 0 radical (unpaired) electrons. The van der Waals surface area contributed by atoms with Crippen LogP contribution in [0.5, 0.6) is 0 Å². The second kappa shape index (κ2) is 9.10. The standard InChI is InChI=1S/C25H30FN3O3/c1-5-6-15-25(17-11-13-18(26)14-12-17)22(31)29(23(32)28-25)16-21(30)27-20-10-8-7-9-19(20)24(2,3)4/h7-14H,5-6,15-16H2,1-4H3,(H,27,30)(H,28,32)/t25-/m0/s1. The number of hydrogen-bond acceptors (Lipinski definition) is 3. The first-order valence-corrected chi connectivity index (χ1v) is 10.9. The van der Waals surface area contributed by atoms with Crippen molar-refractivity contribution in [2.24, 2.45) is 0 Å². The molecule has 1 saturated heterocycles. The molecule has 1 aliphatic rings. The van der Waals surface area contributed by atoms with Crippen LogP contribution in [0.25, 0.3) is 0 Å². The summed E-state index contributed by atoms with van der Waals surface area (Å²) < 4.78 is 13.5. The molecule has 32 heavy (non-hydrogen) atoms. The molecule has 2 aromatic carbocycles. The molecule has 2 N–H and O–H groups in total. The van der Waals surface area contributed by atoms with Gasteiger partial charge in [0.25, 0.3) is 5.91 Å². The van der Waals surface area contributed by atoms with Crippen LogP contribution in [0, 0.1) is 5.82 Å². The highest BCUT2D eigenvalue weighted by molar-refractivity contribution is 6.10. The Kier molecular flexibility index (Phi) is 6.67. The molecule has 1 atom stereocenters. The van der Waals surface area contributed by atoms with E-state index in [1.807, 2.05) is 45.9 Å². The van der Waals surface area contributed by atoms with Crippen molar-refractivity contribution in [1.29, 1.82) is 0 Å². The maximum atomic E-state index is 13.5. The van der Waals surface area contributed by atoms with Crippen LogP contribution in [-0.4, -0.2) is 29.3 Å². The molecule has 7 heteroatoms. The summed E-state index contributed by atoms with van der Waals surface area (Å²) >= 11 is 0. The van der Waals surface area contributed by atoms with Gasteiger partial charge in [-0.05, 0) is 41.2 Å². The number of rotatable bonds is 7. The second-order valence-electron chi connectivity index (χ2n) is 9.18. The van der Waals surface area contributed by atoms with E-state index in [-0.39, 0.29) is 5.41 Å². The monoisotopic (exact) mass is 439 g/mol. The van der Waals surface area contributed by atoms with E-state index in [1.54, 1.807) is 6.07 Å². The summed E-state index contributed by atoms with van der Waals surface area (Å²) in [5.74, 6) is -1.39. The van der Waals surface area contributed by atoms with Crippen LogP contribution in [0.3, 0.4) is 0 Å². The van der Waals surface area contributed by atoms with Crippen LogP contribution < -0.4 is 10.6 Å². The average Bonchev–Trinajstić information content (AvgIpc) is 2.97. The average molecular weight is 440 g/mol. The fraction of sp³-hybridized carbons (Fsp3) is 0.400. The normalized spacial score (nSPS) is 18.6. The Hall–Kier alpha value is -3.22. The number of carbonyl (C=O) groups excluding carboxylic acids is 3. The van der Waals surface area contributed by atoms with E-state index in [1.165, 1.54) is 24.3 Å². The molecule has 0 unspecified atom stereocenters. The minimum Gasteiger partial charge on any atom is -0.324 e. The van der Waals surface area contributed by atoms with Crippen LogP contribution in [0.4, 0.5) is 14.9 Å². The molecule has 1 aliphatic heterocycles. The fourth-order valence-electron chi connectivity index (χ4n) is 4.03. The summed E-state index contributed by atoms with van der Waals surface area (Å²) in [6.45, 7) is 7.70. The van der Waals surface area contributed by atoms with Crippen LogP contribution in [0.1, 0.15) is 58.1 Å². The SMILES string of the molecule is CCCC[C@@]1(c2ccc(F)cc2)NC(=O)N(CC(=O)Nc2ccccc2C(C)(C)C)C1=O. The molecule has 0 saturated carbocycles. The van der Waals surface area contributed by atoms with Gasteiger partial charge in [0.15, 0.2) is 0 Å². The van der Waals surface area contributed by atoms with Gasteiger partial charge in [0.2, 0.25) is 5.91 Å². The number of halogens is 1. The van der Waals surface area contributed by atoms with E-state index in [0.29, 0.717) is 24.1 Å².